The first kappa shape index (κ1) is 14.3. The van der Waals surface area contributed by atoms with Crippen molar-refractivity contribution >= 4 is 43.0 Å². The van der Waals surface area contributed by atoms with Crippen LogP contribution in [0.4, 0.5) is 5.69 Å². The summed E-state index contributed by atoms with van der Waals surface area (Å²) in [5.74, 6) is 0. The molecule has 2 N–H and O–H groups in total. The fourth-order valence-electron chi connectivity index (χ4n) is 1.58. The SMILES string of the molecule is Cc1cc(Br)ccc1NS(=O)(=O)c1sc(=O)[nH]c1C. The standard InChI is InChI=1S/C11H11BrN2O3S2/c1-6-5-8(12)3-4-9(6)14-19(16,17)10-7(2)13-11(15)18-10/h3-5,14H,1-2H3,(H,13,15). The molecule has 19 heavy (non-hydrogen) atoms. The number of hydrogen-bond acceptors (Lipinski definition) is 4. The van der Waals surface area contributed by atoms with E-state index < -0.39 is 10.0 Å². The largest absolute Gasteiger partial charge is 0.315 e. The highest BCUT2D eigenvalue weighted by molar-refractivity contribution is 9.10. The molecule has 0 radical (unpaired) electrons. The Morgan fingerprint density at radius 2 is 2.00 bits per heavy atom. The molecule has 1 aromatic heterocycles. The fourth-order valence-corrected chi connectivity index (χ4v) is 4.49. The maximum atomic E-state index is 12.2. The van der Waals surface area contributed by atoms with Gasteiger partial charge in [0.1, 0.15) is 0 Å². The Balaban J connectivity index is 2.42. The Labute approximate surface area is 122 Å². The molecule has 0 spiro atoms. The van der Waals surface area contributed by atoms with Gasteiger partial charge in [-0.3, -0.25) is 9.52 Å². The lowest BCUT2D eigenvalue weighted by molar-refractivity contribution is 0.602. The molecule has 5 nitrogen and oxygen atoms in total. The van der Waals surface area contributed by atoms with Crippen molar-refractivity contribution in [3.63, 3.8) is 0 Å². The highest BCUT2D eigenvalue weighted by atomic mass is 79.9. The fraction of sp³-hybridized carbons (Fsp3) is 0.182. The van der Waals surface area contributed by atoms with Gasteiger partial charge in [0.2, 0.25) is 0 Å². The average molecular weight is 363 g/mol. The van der Waals surface area contributed by atoms with Crippen molar-refractivity contribution in [3.8, 4) is 0 Å². The van der Waals surface area contributed by atoms with Crippen molar-refractivity contribution < 1.29 is 8.42 Å². The minimum Gasteiger partial charge on any atom is -0.315 e. The van der Waals surface area contributed by atoms with Gasteiger partial charge in [-0.25, -0.2) is 8.42 Å². The topological polar surface area (TPSA) is 79.0 Å². The van der Waals surface area contributed by atoms with E-state index >= 15 is 0 Å². The van der Waals surface area contributed by atoms with Gasteiger partial charge in [-0.1, -0.05) is 27.3 Å². The summed E-state index contributed by atoms with van der Waals surface area (Å²) in [5, 5.41) is 0. The number of halogens is 1. The number of rotatable bonds is 3. The Morgan fingerprint density at radius 1 is 1.32 bits per heavy atom. The van der Waals surface area contributed by atoms with Crippen LogP contribution in [0.1, 0.15) is 11.3 Å². The van der Waals surface area contributed by atoms with Gasteiger partial charge in [0.25, 0.3) is 10.0 Å². The number of H-pyrrole nitrogens is 1. The lowest BCUT2D eigenvalue weighted by Crippen LogP contribution is -2.13. The highest BCUT2D eigenvalue weighted by Gasteiger charge is 2.21. The Hall–Kier alpha value is -1.12. The Bertz CT molecular complexity index is 777. The molecule has 0 aliphatic heterocycles. The number of hydrogen-bond donors (Lipinski definition) is 2. The summed E-state index contributed by atoms with van der Waals surface area (Å²) < 4.78 is 27.8. The number of anilines is 1. The second-order valence-electron chi connectivity index (χ2n) is 3.99. The van der Waals surface area contributed by atoms with Gasteiger partial charge in [-0.05, 0) is 37.6 Å². The summed E-state index contributed by atoms with van der Waals surface area (Å²) in [6.45, 7) is 3.36. The molecular formula is C11H11BrN2O3S2. The van der Waals surface area contributed by atoms with Gasteiger partial charge in [0.05, 0.1) is 5.69 Å². The zero-order valence-electron chi connectivity index (χ0n) is 10.2. The third-order valence-corrected chi connectivity index (χ3v) is 5.92. The molecule has 8 heteroatoms. The number of aromatic amines is 1. The number of nitrogens with one attached hydrogen (secondary N) is 2. The van der Waals surface area contributed by atoms with Crippen molar-refractivity contribution in [2.24, 2.45) is 0 Å². The van der Waals surface area contributed by atoms with E-state index in [4.69, 9.17) is 0 Å². The lowest BCUT2D eigenvalue weighted by atomic mass is 10.2. The van der Waals surface area contributed by atoms with E-state index in [0.29, 0.717) is 22.7 Å². The zero-order chi connectivity index (χ0) is 14.2. The molecule has 0 aliphatic carbocycles. The second-order valence-corrected chi connectivity index (χ2v) is 7.77. The molecular weight excluding hydrogens is 352 g/mol. The minimum absolute atomic E-state index is 0.0137. The number of aromatic nitrogens is 1. The summed E-state index contributed by atoms with van der Waals surface area (Å²) in [5.41, 5.74) is 1.62. The lowest BCUT2D eigenvalue weighted by Gasteiger charge is -2.09. The third kappa shape index (κ3) is 3.07. The van der Waals surface area contributed by atoms with Crippen LogP contribution in [0.2, 0.25) is 0 Å². The van der Waals surface area contributed by atoms with Gasteiger partial charge in [0, 0.05) is 10.2 Å². The second kappa shape index (κ2) is 5.10. The molecule has 0 aliphatic rings. The molecule has 2 aromatic rings. The molecule has 0 bridgehead atoms. The van der Waals surface area contributed by atoms with Crippen LogP contribution in [0, 0.1) is 13.8 Å². The van der Waals surface area contributed by atoms with Crippen LogP contribution < -0.4 is 9.60 Å². The number of thiazole rings is 1. The van der Waals surface area contributed by atoms with Crippen molar-refractivity contribution in [3.05, 3.63) is 43.6 Å². The molecule has 0 saturated heterocycles. The van der Waals surface area contributed by atoms with E-state index in [9.17, 15) is 13.2 Å². The van der Waals surface area contributed by atoms with Gasteiger partial charge in [-0.2, -0.15) is 0 Å². The average Bonchev–Trinajstić information content (AvgIpc) is 2.63. The van der Waals surface area contributed by atoms with Crippen molar-refractivity contribution in [1.82, 2.24) is 4.98 Å². The van der Waals surface area contributed by atoms with E-state index in [0.717, 1.165) is 10.0 Å². The molecule has 0 amide bonds. The molecule has 0 unspecified atom stereocenters. The predicted octanol–water partition coefficient (Wildman–Crippen LogP) is 2.62. The third-order valence-electron chi connectivity index (χ3n) is 2.46. The van der Waals surface area contributed by atoms with Crippen LogP contribution in [0.3, 0.4) is 0 Å². The van der Waals surface area contributed by atoms with Crippen LogP contribution in [0.15, 0.2) is 31.7 Å². The summed E-state index contributed by atoms with van der Waals surface area (Å²) in [7, 11) is -3.74. The minimum atomic E-state index is -3.74. The highest BCUT2D eigenvalue weighted by Crippen LogP contribution is 2.24. The van der Waals surface area contributed by atoms with Crippen LogP contribution in [-0.4, -0.2) is 13.4 Å². The van der Waals surface area contributed by atoms with Gasteiger partial charge in [0.15, 0.2) is 4.21 Å². The maximum absolute atomic E-state index is 12.2. The molecule has 1 heterocycles. The van der Waals surface area contributed by atoms with Gasteiger partial charge >= 0.3 is 4.87 Å². The van der Waals surface area contributed by atoms with Crippen LogP contribution >= 0.6 is 27.3 Å². The molecule has 0 fully saturated rings. The quantitative estimate of drug-likeness (QED) is 0.880. The van der Waals surface area contributed by atoms with E-state index in [2.05, 4.69) is 25.6 Å². The number of aryl methyl sites for hydroxylation is 2. The van der Waals surface area contributed by atoms with Crippen LogP contribution in [0.25, 0.3) is 0 Å². The van der Waals surface area contributed by atoms with Crippen molar-refractivity contribution in [2.45, 2.75) is 18.1 Å². The first-order valence-corrected chi connectivity index (χ1v) is 8.37. The monoisotopic (exact) mass is 362 g/mol. The van der Waals surface area contributed by atoms with Crippen molar-refractivity contribution in [2.75, 3.05) is 4.72 Å². The van der Waals surface area contributed by atoms with Gasteiger partial charge < -0.3 is 4.98 Å². The Morgan fingerprint density at radius 3 is 2.53 bits per heavy atom. The number of benzene rings is 1. The summed E-state index contributed by atoms with van der Waals surface area (Å²) in [4.78, 5) is 13.3. The first-order valence-electron chi connectivity index (χ1n) is 5.28. The summed E-state index contributed by atoms with van der Waals surface area (Å²) >= 11 is 3.99. The summed E-state index contributed by atoms with van der Waals surface area (Å²) in [6, 6.07) is 5.23. The molecule has 2 rings (SSSR count). The van der Waals surface area contributed by atoms with Crippen LogP contribution in [-0.2, 0) is 10.0 Å². The molecule has 0 saturated carbocycles. The molecule has 0 atom stereocenters. The molecule has 102 valence electrons. The zero-order valence-corrected chi connectivity index (χ0v) is 13.4. The van der Waals surface area contributed by atoms with E-state index in [1.165, 1.54) is 0 Å². The Kier molecular flexibility index (Phi) is 3.84. The molecule has 1 aromatic carbocycles. The van der Waals surface area contributed by atoms with Crippen LogP contribution in [0.5, 0.6) is 0 Å². The first-order chi connectivity index (χ1) is 8.79. The van der Waals surface area contributed by atoms with E-state index in [1.807, 2.05) is 6.07 Å². The van der Waals surface area contributed by atoms with E-state index in [1.54, 1.807) is 26.0 Å². The smallest absolute Gasteiger partial charge is 0.306 e. The normalized spacial score (nSPS) is 11.5. The maximum Gasteiger partial charge on any atom is 0.306 e. The number of sulfonamides is 1. The summed E-state index contributed by atoms with van der Waals surface area (Å²) in [6.07, 6.45) is 0. The predicted molar refractivity (Wildman–Crippen MR) is 79.4 cm³/mol. The van der Waals surface area contributed by atoms with Crippen molar-refractivity contribution in [1.29, 1.82) is 0 Å². The van der Waals surface area contributed by atoms with E-state index in [-0.39, 0.29) is 9.08 Å². The van der Waals surface area contributed by atoms with Gasteiger partial charge in [-0.15, -0.1) is 0 Å².